The number of anilines is 1. The Morgan fingerprint density at radius 3 is 2.80 bits per heavy atom. The van der Waals surface area contributed by atoms with Gasteiger partial charge in [-0.25, -0.2) is 9.97 Å². The standard InChI is InChI=1S/C19H14F3N3O3S2/c1-10-2-5-14(28-10)17-23-11(8-29-17)6-16(26)25-18-24-13-4-3-12(7-15(13)30-18)27-9-19(20,21)22/h2-5,7-8H,6,9H2,1H3,(H,24,25,26). The van der Waals surface area contributed by atoms with E-state index in [1.165, 1.54) is 23.5 Å². The summed E-state index contributed by atoms with van der Waals surface area (Å²) in [5, 5.41) is 5.52. The molecule has 0 unspecified atom stereocenters. The molecule has 4 aromatic rings. The number of aryl methyl sites for hydroxylation is 1. The summed E-state index contributed by atoms with van der Waals surface area (Å²) in [6.45, 7) is 0.475. The van der Waals surface area contributed by atoms with Crippen molar-refractivity contribution in [2.45, 2.75) is 19.5 Å². The van der Waals surface area contributed by atoms with Gasteiger partial charge in [-0.05, 0) is 37.3 Å². The molecule has 0 atom stereocenters. The van der Waals surface area contributed by atoms with Gasteiger partial charge in [-0.2, -0.15) is 13.2 Å². The number of hydrogen-bond acceptors (Lipinski definition) is 7. The second kappa shape index (κ2) is 8.07. The van der Waals surface area contributed by atoms with Crippen molar-refractivity contribution in [3.05, 3.63) is 47.2 Å². The second-order valence-electron chi connectivity index (χ2n) is 6.33. The molecule has 0 aliphatic heterocycles. The highest BCUT2D eigenvalue weighted by molar-refractivity contribution is 7.22. The predicted octanol–water partition coefficient (Wildman–Crippen LogP) is 5.44. The van der Waals surface area contributed by atoms with E-state index in [1.54, 1.807) is 11.4 Å². The van der Waals surface area contributed by atoms with Gasteiger partial charge < -0.3 is 14.5 Å². The van der Waals surface area contributed by atoms with Crippen LogP contribution in [-0.2, 0) is 11.2 Å². The summed E-state index contributed by atoms with van der Waals surface area (Å²) in [5.74, 6) is 1.22. The van der Waals surface area contributed by atoms with E-state index >= 15 is 0 Å². The minimum absolute atomic E-state index is 0.0616. The van der Waals surface area contributed by atoms with Crippen LogP contribution in [0.1, 0.15) is 11.5 Å². The molecule has 1 amide bonds. The van der Waals surface area contributed by atoms with Gasteiger partial charge in [-0.3, -0.25) is 4.79 Å². The van der Waals surface area contributed by atoms with Crippen LogP contribution in [0.2, 0.25) is 0 Å². The Morgan fingerprint density at radius 2 is 2.07 bits per heavy atom. The van der Waals surface area contributed by atoms with Crippen molar-refractivity contribution in [2.75, 3.05) is 11.9 Å². The number of nitrogens with one attached hydrogen (secondary N) is 1. The fraction of sp³-hybridized carbons (Fsp3) is 0.211. The topological polar surface area (TPSA) is 77.2 Å². The number of thiazole rings is 2. The van der Waals surface area contributed by atoms with Crippen LogP contribution in [-0.4, -0.2) is 28.7 Å². The third-order valence-corrected chi connectivity index (χ3v) is 5.69. The first-order valence-corrected chi connectivity index (χ1v) is 10.4. The van der Waals surface area contributed by atoms with Crippen molar-refractivity contribution in [2.24, 2.45) is 0 Å². The maximum absolute atomic E-state index is 12.3. The molecule has 156 valence electrons. The number of carbonyl (C=O) groups excluding carboxylic acids is 1. The highest BCUT2D eigenvalue weighted by Crippen LogP contribution is 2.30. The number of fused-ring (bicyclic) bond motifs is 1. The maximum Gasteiger partial charge on any atom is 0.422 e. The number of ether oxygens (including phenoxy) is 1. The summed E-state index contributed by atoms with van der Waals surface area (Å²) in [4.78, 5) is 21.0. The van der Waals surface area contributed by atoms with Crippen LogP contribution in [0, 0.1) is 6.92 Å². The number of hydrogen-bond donors (Lipinski definition) is 1. The molecule has 0 fully saturated rings. The van der Waals surface area contributed by atoms with Crippen molar-refractivity contribution >= 4 is 43.9 Å². The molecule has 0 saturated carbocycles. The highest BCUT2D eigenvalue weighted by atomic mass is 32.1. The van der Waals surface area contributed by atoms with Gasteiger partial charge in [-0.15, -0.1) is 11.3 Å². The van der Waals surface area contributed by atoms with Crippen LogP contribution >= 0.6 is 22.7 Å². The summed E-state index contributed by atoms with van der Waals surface area (Å²) in [5.41, 5.74) is 1.16. The van der Waals surface area contributed by atoms with Crippen molar-refractivity contribution in [1.82, 2.24) is 9.97 Å². The molecule has 11 heteroatoms. The first-order valence-electron chi connectivity index (χ1n) is 8.66. The van der Waals surface area contributed by atoms with Crippen molar-refractivity contribution in [3.63, 3.8) is 0 Å². The van der Waals surface area contributed by atoms with Gasteiger partial charge in [-0.1, -0.05) is 11.3 Å². The Hall–Kier alpha value is -2.92. The van der Waals surface area contributed by atoms with Crippen molar-refractivity contribution in [1.29, 1.82) is 0 Å². The Kier molecular flexibility index (Phi) is 5.48. The third-order valence-electron chi connectivity index (χ3n) is 3.85. The zero-order valence-electron chi connectivity index (χ0n) is 15.4. The van der Waals surface area contributed by atoms with Crippen molar-refractivity contribution < 1.29 is 27.1 Å². The first kappa shape index (κ1) is 20.4. The molecule has 1 N–H and O–H groups in total. The average molecular weight is 453 g/mol. The van der Waals surface area contributed by atoms with Crippen LogP contribution in [0.25, 0.3) is 21.0 Å². The number of rotatable bonds is 6. The lowest BCUT2D eigenvalue weighted by atomic mass is 10.3. The lowest BCUT2D eigenvalue weighted by Gasteiger charge is -2.08. The molecule has 0 bridgehead atoms. The first-order chi connectivity index (χ1) is 14.2. The largest absolute Gasteiger partial charge is 0.484 e. The summed E-state index contributed by atoms with van der Waals surface area (Å²) in [7, 11) is 0. The number of amides is 1. The zero-order chi connectivity index (χ0) is 21.3. The fourth-order valence-electron chi connectivity index (χ4n) is 2.59. The third kappa shape index (κ3) is 4.97. The number of halogens is 3. The number of benzene rings is 1. The minimum atomic E-state index is -4.41. The Morgan fingerprint density at radius 1 is 1.23 bits per heavy atom. The SMILES string of the molecule is Cc1ccc(-c2nc(CC(=O)Nc3nc4ccc(OCC(F)(F)F)cc4s3)cs2)o1. The minimum Gasteiger partial charge on any atom is -0.484 e. The highest BCUT2D eigenvalue weighted by Gasteiger charge is 2.28. The van der Waals surface area contributed by atoms with E-state index in [0.29, 0.717) is 31.8 Å². The lowest BCUT2D eigenvalue weighted by molar-refractivity contribution is -0.153. The van der Waals surface area contributed by atoms with Crippen LogP contribution in [0.5, 0.6) is 5.75 Å². The van der Waals surface area contributed by atoms with E-state index in [1.807, 2.05) is 19.1 Å². The number of carbonyl (C=O) groups is 1. The van der Waals surface area contributed by atoms with Crippen LogP contribution in [0.3, 0.4) is 0 Å². The molecule has 0 aliphatic carbocycles. The molecule has 30 heavy (non-hydrogen) atoms. The van der Waals surface area contributed by atoms with Gasteiger partial charge in [0, 0.05) is 5.38 Å². The smallest absolute Gasteiger partial charge is 0.422 e. The van der Waals surface area contributed by atoms with Gasteiger partial charge in [0.25, 0.3) is 0 Å². The van der Waals surface area contributed by atoms with E-state index < -0.39 is 12.8 Å². The summed E-state index contributed by atoms with van der Waals surface area (Å²) in [6.07, 6.45) is -4.35. The van der Waals surface area contributed by atoms with Crippen molar-refractivity contribution in [3.8, 4) is 16.5 Å². The van der Waals surface area contributed by atoms with Gasteiger partial charge in [0.2, 0.25) is 5.91 Å². The average Bonchev–Trinajstić information content (AvgIpc) is 3.38. The van der Waals surface area contributed by atoms with E-state index in [2.05, 4.69) is 15.3 Å². The molecular weight excluding hydrogens is 439 g/mol. The normalized spacial score (nSPS) is 11.7. The second-order valence-corrected chi connectivity index (χ2v) is 8.22. The molecule has 0 radical (unpaired) electrons. The molecule has 0 spiro atoms. The summed E-state index contributed by atoms with van der Waals surface area (Å²) < 4.78 is 47.7. The van der Waals surface area contributed by atoms with Gasteiger partial charge in [0.15, 0.2) is 22.5 Å². The van der Waals surface area contributed by atoms with E-state index in [-0.39, 0.29) is 18.1 Å². The van der Waals surface area contributed by atoms with Crippen LogP contribution < -0.4 is 10.1 Å². The summed E-state index contributed by atoms with van der Waals surface area (Å²) >= 11 is 2.54. The van der Waals surface area contributed by atoms with Gasteiger partial charge in [0.1, 0.15) is 11.5 Å². The molecule has 0 saturated heterocycles. The zero-order valence-corrected chi connectivity index (χ0v) is 17.1. The summed E-state index contributed by atoms with van der Waals surface area (Å²) in [6, 6.07) is 8.09. The molecule has 4 rings (SSSR count). The fourth-order valence-corrected chi connectivity index (χ4v) is 4.28. The molecular formula is C19H14F3N3O3S2. The molecule has 1 aromatic carbocycles. The van der Waals surface area contributed by atoms with Crippen LogP contribution in [0.4, 0.5) is 18.3 Å². The lowest BCUT2D eigenvalue weighted by Crippen LogP contribution is -2.19. The maximum atomic E-state index is 12.3. The Labute approximate surface area is 176 Å². The monoisotopic (exact) mass is 453 g/mol. The van der Waals surface area contributed by atoms with E-state index in [0.717, 1.165) is 17.1 Å². The number of furan rings is 1. The van der Waals surface area contributed by atoms with Crippen LogP contribution in [0.15, 0.2) is 40.1 Å². The van der Waals surface area contributed by atoms with Gasteiger partial charge in [0.05, 0.1) is 22.3 Å². The molecule has 0 aliphatic rings. The Balaban J connectivity index is 1.40. The Bertz CT molecular complexity index is 1200. The predicted molar refractivity (Wildman–Crippen MR) is 108 cm³/mol. The van der Waals surface area contributed by atoms with E-state index in [9.17, 15) is 18.0 Å². The number of alkyl halides is 3. The molecule has 3 heterocycles. The number of nitrogens with zero attached hydrogens (tertiary/aromatic N) is 2. The quantitative estimate of drug-likeness (QED) is 0.420. The van der Waals surface area contributed by atoms with E-state index in [4.69, 9.17) is 9.15 Å². The number of aromatic nitrogens is 2. The molecule has 6 nitrogen and oxygen atoms in total. The van der Waals surface area contributed by atoms with Gasteiger partial charge >= 0.3 is 6.18 Å². The molecule has 3 aromatic heterocycles.